The third-order valence-electron chi connectivity index (χ3n) is 5.43. The third kappa shape index (κ3) is 5.09. The van der Waals surface area contributed by atoms with Gasteiger partial charge in [0.15, 0.2) is 0 Å². The van der Waals surface area contributed by atoms with Crippen LogP contribution in [0.15, 0.2) is 51.9 Å². The van der Waals surface area contributed by atoms with Gasteiger partial charge < -0.3 is 9.42 Å². The van der Waals surface area contributed by atoms with Crippen molar-refractivity contribution in [2.75, 3.05) is 26.2 Å². The van der Waals surface area contributed by atoms with Crippen LogP contribution >= 0.6 is 0 Å². The van der Waals surface area contributed by atoms with Crippen LogP contribution in [0.3, 0.4) is 0 Å². The number of hydrogen-bond acceptors (Lipinski definition) is 6. The second-order valence-electron chi connectivity index (χ2n) is 7.74. The highest BCUT2D eigenvalue weighted by molar-refractivity contribution is 7.89. The Bertz CT molecular complexity index is 1250. The van der Waals surface area contributed by atoms with Gasteiger partial charge in [-0.2, -0.15) is 9.29 Å². The van der Waals surface area contributed by atoms with Crippen LogP contribution in [-0.4, -0.2) is 59.8 Å². The number of benzene rings is 2. The first kappa shape index (κ1) is 23.0. The summed E-state index contributed by atoms with van der Waals surface area (Å²) in [6.07, 6.45) is 0.395. The number of hydrogen-bond donors (Lipinski definition) is 0. The molecule has 11 heteroatoms. The van der Waals surface area contributed by atoms with E-state index in [-0.39, 0.29) is 44.9 Å². The molecule has 174 valence electrons. The predicted octanol–water partition coefficient (Wildman–Crippen LogP) is 2.79. The van der Waals surface area contributed by atoms with Crippen molar-refractivity contribution < 1.29 is 26.5 Å². The molecule has 0 radical (unpaired) electrons. The fourth-order valence-electron chi connectivity index (χ4n) is 3.55. The molecule has 1 aliphatic heterocycles. The van der Waals surface area contributed by atoms with E-state index in [1.807, 2.05) is 31.2 Å². The number of aromatic nitrogens is 2. The molecule has 1 aromatic heterocycles. The molecule has 0 saturated carbocycles. The van der Waals surface area contributed by atoms with Gasteiger partial charge in [0, 0.05) is 50.7 Å². The van der Waals surface area contributed by atoms with Crippen molar-refractivity contribution in [2.24, 2.45) is 0 Å². The van der Waals surface area contributed by atoms with Gasteiger partial charge in [0.05, 0.1) is 0 Å². The summed E-state index contributed by atoms with van der Waals surface area (Å²) in [5, 5.41) is 3.95. The standard InChI is InChI=1S/C22H22F2N4O4S/c1-15-2-4-16(5-3-15)22-25-20(32-26-22)8-9-21(29)27-10-12-28(13-11-27)33(30,31)19-7-6-17(23)14-18(19)24/h2-7,14H,8-13H2,1H3. The lowest BCUT2D eigenvalue weighted by molar-refractivity contribution is -0.132. The molecule has 0 aliphatic carbocycles. The Kier molecular flexibility index (Phi) is 6.52. The molecule has 1 aliphatic rings. The monoisotopic (exact) mass is 476 g/mol. The van der Waals surface area contributed by atoms with Crippen LogP contribution in [0, 0.1) is 18.6 Å². The van der Waals surface area contributed by atoms with Crippen LogP contribution in [0.25, 0.3) is 11.4 Å². The number of halogens is 2. The Morgan fingerprint density at radius 3 is 2.42 bits per heavy atom. The Morgan fingerprint density at radius 1 is 1.06 bits per heavy atom. The van der Waals surface area contributed by atoms with Crippen molar-refractivity contribution in [3.8, 4) is 11.4 Å². The number of amides is 1. The van der Waals surface area contributed by atoms with E-state index in [0.717, 1.165) is 27.6 Å². The first-order valence-corrected chi connectivity index (χ1v) is 11.8. The van der Waals surface area contributed by atoms with Crippen LogP contribution in [0.2, 0.25) is 0 Å². The molecule has 0 bridgehead atoms. The first-order chi connectivity index (χ1) is 15.7. The van der Waals surface area contributed by atoms with Crippen molar-refractivity contribution >= 4 is 15.9 Å². The second kappa shape index (κ2) is 9.36. The molecular weight excluding hydrogens is 454 g/mol. The van der Waals surface area contributed by atoms with Gasteiger partial charge in [-0.3, -0.25) is 4.79 Å². The van der Waals surface area contributed by atoms with Crippen molar-refractivity contribution in [2.45, 2.75) is 24.7 Å². The van der Waals surface area contributed by atoms with E-state index < -0.39 is 26.6 Å². The van der Waals surface area contributed by atoms with Crippen molar-refractivity contribution in [3.63, 3.8) is 0 Å². The minimum atomic E-state index is -4.12. The topological polar surface area (TPSA) is 96.6 Å². The Hall–Kier alpha value is -3.18. The van der Waals surface area contributed by atoms with Gasteiger partial charge >= 0.3 is 0 Å². The zero-order chi connectivity index (χ0) is 23.6. The average Bonchev–Trinajstić information content (AvgIpc) is 3.27. The summed E-state index contributed by atoms with van der Waals surface area (Å²) in [7, 11) is -4.12. The Morgan fingerprint density at radius 2 is 1.76 bits per heavy atom. The lowest BCUT2D eigenvalue weighted by Crippen LogP contribution is -2.50. The van der Waals surface area contributed by atoms with E-state index >= 15 is 0 Å². The lowest BCUT2D eigenvalue weighted by Gasteiger charge is -2.34. The maximum Gasteiger partial charge on any atom is 0.246 e. The molecule has 0 N–H and O–H groups in total. The summed E-state index contributed by atoms with van der Waals surface area (Å²) in [5.41, 5.74) is 1.93. The number of aryl methyl sites for hydroxylation is 2. The minimum absolute atomic E-state index is 0.0169. The number of carbonyl (C=O) groups is 1. The third-order valence-corrected chi connectivity index (χ3v) is 7.37. The van der Waals surface area contributed by atoms with Crippen LogP contribution < -0.4 is 0 Å². The van der Waals surface area contributed by atoms with E-state index in [1.165, 1.54) is 0 Å². The van der Waals surface area contributed by atoms with Gasteiger partial charge in [-0.05, 0) is 19.1 Å². The summed E-state index contributed by atoms with van der Waals surface area (Å²) < 4.78 is 58.8. The fraction of sp³-hybridized carbons (Fsp3) is 0.318. The van der Waals surface area contributed by atoms with E-state index in [0.29, 0.717) is 17.8 Å². The SMILES string of the molecule is Cc1ccc(-c2noc(CCC(=O)N3CCN(S(=O)(=O)c4ccc(F)cc4F)CC3)n2)cc1. The van der Waals surface area contributed by atoms with Crippen molar-refractivity contribution in [1.82, 2.24) is 19.3 Å². The van der Waals surface area contributed by atoms with E-state index in [4.69, 9.17) is 4.52 Å². The summed E-state index contributed by atoms with van der Waals surface area (Å²) in [6.45, 7) is 2.35. The minimum Gasteiger partial charge on any atom is -0.340 e. The number of carbonyl (C=O) groups excluding carboxylic acids is 1. The summed E-state index contributed by atoms with van der Waals surface area (Å²) in [5.74, 6) is -1.38. The van der Waals surface area contributed by atoms with Crippen molar-refractivity contribution in [3.05, 3.63) is 65.6 Å². The van der Waals surface area contributed by atoms with Crippen LogP contribution in [-0.2, 0) is 21.2 Å². The zero-order valence-corrected chi connectivity index (χ0v) is 18.7. The fourth-order valence-corrected chi connectivity index (χ4v) is 5.02. The predicted molar refractivity (Wildman–Crippen MR) is 114 cm³/mol. The summed E-state index contributed by atoms with van der Waals surface area (Å²) in [6, 6.07) is 10.0. The molecule has 1 fully saturated rings. The molecular formula is C22H22F2N4O4S. The summed E-state index contributed by atoms with van der Waals surface area (Å²) >= 11 is 0. The molecule has 8 nitrogen and oxygen atoms in total. The van der Waals surface area contributed by atoms with Crippen LogP contribution in [0.4, 0.5) is 8.78 Å². The number of piperazine rings is 1. The van der Waals surface area contributed by atoms with Gasteiger partial charge in [-0.25, -0.2) is 17.2 Å². The maximum absolute atomic E-state index is 14.0. The van der Waals surface area contributed by atoms with Gasteiger partial charge in [-0.1, -0.05) is 35.0 Å². The highest BCUT2D eigenvalue weighted by atomic mass is 32.2. The molecule has 33 heavy (non-hydrogen) atoms. The maximum atomic E-state index is 14.0. The number of rotatable bonds is 6. The molecule has 1 amide bonds. The average molecular weight is 477 g/mol. The van der Waals surface area contributed by atoms with Gasteiger partial charge in [0.1, 0.15) is 16.5 Å². The molecule has 4 rings (SSSR count). The number of nitrogens with zero attached hydrogens (tertiary/aromatic N) is 4. The first-order valence-electron chi connectivity index (χ1n) is 10.4. The quantitative estimate of drug-likeness (QED) is 0.543. The smallest absolute Gasteiger partial charge is 0.246 e. The molecule has 2 aromatic carbocycles. The zero-order valence-electron chi connectivity index (χ0n) is 17.9. The normalized spacial score (nSPS) is 15.1. The molecule has 0 atom stereocenters. The van der Waals surface area contributed by atoms with E-state index in [1.54, 1.807) is 4.90 Å². The van der Waals surface area contributed by atoms with E-state index in [2.05, 4.69) is 10.1 Å². The Labute approximate surface area is 189 Å². The van der Waals surface area contributed by atoms with E-state index in [9.17, 15) is 22.0 Å². The Balaban J connectivity index is 1.31. The van der Waals surface area contributed by atoms with Gasteiger partial charge in [0.2, 0.25) is 27.6 Å². The molecule has 3 aromatic rings. The second-order valence-corrected chi connectivity index (χ2v) is 9.64. The molecule has 1 saturated heterocycles. The van der Waals surface area contributed by atoms with Gasteiger partial charge in [-0.15, -0.1) is 0 Å². The number of sulfonamides is 1. The van der Waals surface area contributed by atoms with Crippen molar-refractivity contribution in [1.29, 1.82) is 0 Å². The molecule has 2 heterocycles. The molecule has 0 spiro atoms. The molecule has 0 unspecified atom stereocenters. The van der Waals surface area contributed by atoms with Crippen LogP contribution in [0.1, 0.15) is 17.9 Å². The van der Waals surface area contributed by atoms with Crippen LogP contribution in [0.5, 0.6) is 0 Å². The largest absolute Gasteiger partial charge is 0.340 e. The van der Waals surface area contributed by atoms with Gasteiger partial charge in [0.25, 0.3) is 0 Å². The highest BCUT2D eigenvalue weighted by Crippen LogP contribution is 2.22. The highest BCUT2D eigenvalue weighted by Gasteiger charge is 2.32. The lowest BCUT2D eigenvalue weighted by atomic mass is 10.1. The summed E-state index contributed by atoms with van der Waals surface area (Å²) in [4.78, 5) is 17.9.